The number of non-ortho nitro benzene ring substituents is 1. The van der Waals surface area contributed by atoms with Crippen LogP contribution in [0.15, 0.2) is 42.5 Å². The van der Waals surface area contributed by atoms with Gasteiger partial charge in [0.25, 0.3) is 11.6 Å². The summed E-state index contributed by atoms with van der Waals surface area (Å²) in [6.45, 7) is 3.67. The summed E-state index contributed by atoms with van der Waals surface area (Å²) in [5, 5.41) is 11.0. The fourth-order valence-electron chi connectivity index (χ4n) is 3.28. The number of ether oxygens (including phenoxy) is 1. The maximum Gasteiger partial charge on any atom is 0.270 e. The molecule has 1 fully saturated rings. The van der Waals surface area contributed by atoms with Crippen molar-refractivity contribution in [3.63, 3.8) is 0 Å². The fourth-order valence-corrected chi connectivity index (χ4v) is 3.54. The van der Waals surface area contributed by atoms with Gasteiger partial charge in [-0.25, -0.2) is 0 Å². The van der Waals surface area contributed by atoms with Gasteiger partial charge in [0.2, 0.25) is 0 Å². The first-order valence-corrected chi connectivity index (χ1v) is 9.44. The highest BCUT2D eigenvalue weighted by Gasteiger charge is 2.23. The van der Waals surface area contributed by atoms with E-state index in [1.54, 1.807) is 12.0 Å². The largest absolute Gasteiger partial charge is 0.497 e. The zero-order valence-electron chi connectivity index (χ0n) is 15.6. The van der Waals surface area contributed by atoms with Gasteiger partial charge < -0.3 is 9.64 Å². The normalized spacial score (nSPS) is 15.1. The van der Waals surface area contributed by atoms with E-state index in [1.165, 1.54) is 23.8 Å². The molecule has 0 aliphatic carbocycles. The molecule has 8 heteroatoms. The molecule has 2 aromatic rings. The van der Waals surface area contributed by atoms with E-state index in [-0.39, 0.29) is 16.6 Å². The molecule has 0 spiro atoms. The maximum absolute atomic E-state index is 12.8. The summed E-state index contributed by atoms with van der Waals surface area (Å²) < 4.78 is 5.19. The maximum atomic E-state index is 12.8. The minimum atomic E-state index is -0.525. The topological polar surface area (TPSA) is 75.9 Å². The van der Waals surface area contributed by atoms with Gasteiger partial charge in [-0.1, -0.05) is 23.7 Å². The van der Waals surface area contributed by atoms with Crippen molar-refractivity contribution < 1.29 is 14.5 Å². The van der Waals surface area contributed by atoms with Crippen LogP contribution in [0.4, 0.5) is 5.69 Å². The van der Waals surface area contributed by atoms with Crippen molar-refractivity contribution >= 4 is 23.2 Å². The molecule has 0 N–H and O–H groups in total. The third kappa shape index (κ3) is 4.79. The number of nitrogens with zero attached hydrogens (tertiary/aromatic N) is 3. The second-order valence-corrected chi connectivity index (χ2v) is 7.10. The Morgan fingerprint density at radius 1 is 1.14 bits per heavy atom. The van der Waals surface area contributed by atoms with E-state index in [9.17, 15) is 14.9 Å². The van der Waals surface area contributed by atoms with E-state index in [0.717, 1.165) is 31.8 Å². The van der Waals surface area contributed by atoms with E-state index in [4.69, 9.17) is 16.3 Å². The Hall–Kier alpha value is -2.64. The lowest BCUT2D eigenvalue weighted by Crippen LogP contribution is -2.35. The number of methoxy groups -OCH3 is 1. The fraction of sp³-hybridized carbons (Fsp3) is 0.350. The van der Waals surface area contributed by atoms with Crippen molar-refractivity contribution in [3.8, 4) is 5.75 Å². The Morgan fingerprint density at radius 3 is 2.54 bits per heavy atom. The number of rotatable bonds is 5. The van der Waals surface area contributed by atoms with Gasteiger partial charge >= 0.3 is 0 Å². The summed E-state index contributed by atoms with van der Waals surface area (Å²) in [5.74, 6) is 0.641. The van der Waals surface area contributed by atoms with Crippen LogP contribution in [-0.2, 0) is 6.54 Å². The van der Waals surface area contributed by atoms with Crippen LogP contribution >= 0.6 is 11.6 Å². The zero-order valence-corrected chi connectivity index (χ0v) is 16.4. The number of amides is 1. The standard InChI is InChI=1S/C20H22ClN3O4/c1-28-17-6-3-15(4-7-17)14-22-9-2-10-23(12-11-22)20(25)18-8-5-16(24(26)27)13-19(18)21/h3-8,13H,2,9-12,14H2,1H3. The number of benzene rings is 2. The van der Waals surface area contributed by atoms with Crippen molar-refractivity contribution in [2.24, 2.45) is 0 Å². The summed E-state index contributed by atoms with van der Waals surface area (Å²) in [7, 11) is 1.65. The quantitative estimate of drug-likeness (QED) is 0.563. The van der Waals surface area contributed by atoms with Gasteiger partial charge in [-0.15, -0.1) is 0 Å². The third-order valence-corrected chi connectivity index (χ3v) is 5.15. The molecule has 0 aromatic heterocycles. The lowest BCUT2D eigenvalue weighted by molar-refractivity contribution is -0.384. The van der Waals surface area contributed by atoms with Gasteiger partial charge in [-0.3, -0.25) is 19.8 Å². The first-order valence-electron chi connectivity index (χ1n) is 9.06. The monoisotopic (exact) mass is 403 g/mol. The summed E-state index contributed by atoms with van der Waals surface area (Å²) >= 11 is 6.12. The molecule has 28 heavy (non-hydrogen) atoms. The highest BCUT2D eigenvalue weighted by atomic mass is 35.5. The van der Waals surface area contributed by atoms with Crippen LogP contribution in [-0.4, -0.2) is 53.9 Å². The van der Waals surface area contributed by atoms with E-state index in [2.05, 4.69) is 4.90 Å². The lowest BCUT2D eigenvalue weighted by atomic mass is 10.1. The summed E-state index contributed by atoms with van der Waals surface area (Å²) in [5.41, 5.74) is 1.37. The predicted octanol–water partition coefficient (Wildman–Crippen LogP) is 3.60. The summed E-state index contributed by atoms with van der Waals surface area (Å²) in [6.07, 6.45) is 0.854. The molecule has 1 heterocycles. The smallest absolute Gasteiger partial charge is 0.270 e. The first-order chi connectivity index (χ1) is 13.5. The Labute approximate surface area is 168 Å². The Bertz CT molecular complexity index is 857. The predicted molar refractivity (Wildman–Crippen MR) is 107 cm³/mol. The molecular weight excluding hydrogens is 382 g/mol. The van der Waals surface area contributed by atoms with Gasteiger partial charge in [-0.05, 0) is 30.2 Å². The van der Waals surface area contributed by atoms with Crippen LogP contribution in [0.3, 0.4) is 0 Å². The number of nitro groups is 1. The minimum Gasteiger partial charge on any atom is -0.497 e. The molecule has 3 rings (SSSR count). The molecular formula is C20H22ClN3O4. The van der Waals surface area contributed by atoms with Gasteiger partial charge in [0.1, 0.15) is 5.75 Å². The minimum absolute atomic E-state index is 0.110. The Morgan fingerprint density at radius 2 is 1.89 bits per heavy atom. The van der Waals surface area contributed by atoms with E-state index >= 15 is 0 Å². The van der Waals surface area contributed by atoms with Gasteiger partial charge in [0.05, 0.1) is 22.6 Å². The molecule has 7 nitrogen and oxygen atoms in total. The Kier molecular flexibility index (Phi) is 6.49. The van der Waals surface area contributed by atoms with Gasteiger partial charge in [0, 0.05) is 44.9 Å². The summed E-state index contributed by atoms with van der Waals surface area (Å²) in [4.78, 5) is 27.2. The van der Waals surface area contributed by atoms with E-state index < -0.39 is 4.92 Å². The highest BCUT2D eigenvalue weighted by molar-refractivity contribution is 6.34. The number of carbonyl (C=O) groups is 1. The lowest BCUT2D eigenvalue weighted by Gasteiger charge is -2.22. The molecule has 0 radical (unpaired) electrons. The molecule has 1 aliphatic heterocycles. The zero-order chi connectivity index (χ0) is 20.1. The summed E-state index contributed by atoms with van der Waals surface area (Å²) in [6, 6.07) is 11.9. The van der Waals surface area contributed by atoms with Crippen molar-refractivity contribution in [2.75, 3.05) is 33.3 Å². The van der Waals surface area contributed by atoms with Gasteiger partial charge in [0.15, 0.2) is 0 Å². The average Bonchev–Trinajstić information content (AvgIpc) is 2.93. The number of hydrogen-bond donors (Lipinski definition) is 0. The van der Waals surface area contributed by atoms with Crippen LogP contribution in [0.1, 0.15) is 22.3 Å². The SMILES string of the molecule is COc1ccc(CN2CCCN(C(=O)c3ccc([N+](=O)[O-])cc3Cl)CC2)cc1. The molecule has 0 atom stereocenters. The molecule has 1 aliphatic rings. The van der Waals surface area contributed by atoms with Gasteiger partial charge in [-0.2, -0.15) is 0 Å². The van der Waals surface area contributed by atoms with Crippen molar-refractivity contribution in [1.82, 2.24) is 9.80 Å². The van der Waals surface area contributed by atoms with Crippen molar-refractivity contribution in [3.05, 3.63) is 68.7 Å². The van der Waals surface area contributed by atoms with Crippen LogP contribution in [0.25, 0.3) is 0 Å². The molecule has 1 saturated heterocycles. The first kappa shape index (κ1) is 20.1. The van der Waals surface area contributed by atoms with Crippen LogP contribution in [0.5, 0.6) is 5.75 Å². The van der Waals surface area contributed by atoms with E-state index in [1.807, 2.05) is 24.3 Å². The second-order valence-electron chi connectivity index (χ2n) is 6.69. The number of halogens is 1. The van der Waals surface area contributed by atoms with E-state index in [0.29, 0.717) is 18.7 Å². The molecule has 0 bridgehead atoms. The van der Waals surface area contributed by atoms with Crippen molar-refractivity contribution in [1.29, 1.82) is 0 Å². The molecule has 0 unspecified atom stereocenters. The molecule has 148 valence electrons. The Balaban J connectivity index is 1.62. The second kappa shape index (κ2) is 9.03. The third-order valence-electron chi connectivity index (χ3n) is 4.83. The molecule has 1 amide bonds. The van der Waals surface area contributed by atoms with Crippen LogP contribution in [0, 0.1) is 10.1 Å². The number of nitro benzene ring substituents is 1. The van der Waals surface area contributed by atoms with Crippen LogP contribution < -0.4 is 4.74 Å². The highest BCUT2D eigenvalue weighted by Crippen LogP contribution is 2.24. The average molecular weight is 404 g/mol. The number of carbonyl (C=O) groups excluding carboxylic acids is 1. The molecule has 0 saturated carbocycles. The van der Waals surface area contributed by atoms with Crippen LogP contribution in [0.2, 0.25) is 5.02 Å². The molecule has 2 aromatic carbocycles. The number of hydrogen-bond acceptors (Lipinski definition) is 5. The van der Waals surface area contributed by atoms with Crippen molar-refractivity contribution in [2.45, 2.75) is 13.0 Å².